The van der Waals surface area contributed by atoms with Crippen LogP contribution in [-0.4, -0.2) is 9.13 Å². The zero-order valence-corrected chi connectivity index (χ0v) is 27.3. The predicted octanol–water partition coefficient (Wildman–Crippen LogP) is 13.1. The Labute approximate surface area is 286 Å². The molecule has 3 heterocycles. The van der Waals surface area contributed by atoms with E-state index in [1.54, 1.807) is 0 Å². The van der Waals surface area contributed by atoms with E-state index in [0.717, 1.165) is 5.69 Å². The second-order valence-corrected chi connectivity index (χ2v) is 13.9. The van der Waals surface area contributed by atoms with Gasteiger partial charge in [0.15, 0.2) is 0 Å². The standard InChI is InChI=1S/C46H28N2S/c1-2-14-31(15-3-1)47-41-27-26-37-35-18-6-8-22-40(35)48(45(37)43(41)39-25-24-29-12-4-5-17-33(29)44(39)47)32-16-10-13-30(28-32)34-20-11-21-38-36-19-7-9-23-42(36)49-46(34)38/h1-28H. The molecule has 0 spiro atoms. The maximum atomic E-state index is 2.51. The summed E-state index contributed by atoms with van der Waals surface area (Å²) >= 11 is 1.89. The number of para-hydroxylation sites is 2. The fraction of sp³-hybridized carbons (Fsp3) is 0. The molecule has 0 N–H and O–H groups in total. The van der Waals surface area contributed by atoms with Crippen molar-refractivity contribution < 1.29 is 0 Å². The molecule has 0 aliphatic heterocycles. The van der Waals surface area contributed by atoms with Gasteiger partial charge in [-0.1, -0.05) is 127 Å². The molecule has 228 valence electrons. The Kier molecular flexibility index (Phi) is 5.57. The van der Waals surface area contributed by atoms with Crippen LogP contribution in [-0.2, 0) is 0 Å². The molecule has 11 rings (SSSR count). The summed E-state index contributed by atoms with van der Waals surface area (Å²) in [6.07, 6.45) is 0. The number of benzene rings is 8. The molecule has 0 aliphatic rings. The molecule has 2 nitrogen and oxygen atoms in total. The smallest absolute Gasteiger partial charge is 0.0641 e. The Morgan fingerprint density at radius 3 is 2.00 bits per heavy atom. The molecule has 11 aromatic rings. The molecule has 3 heteroatoms. The number of aromatic nitrogens is 2. The molecule has 0 unspecified atom stereocenters. The number of fused-ring (bicyclic) bond motifs is 12. The SMILES string of the molecule is c1ccc(-n2c3ccc4c5ccccc5n(-c5cccc(-c6cccc7c6sc6ccccc67)c5)c4c3c3ccc4ccccc4c32)cc1. The molecule has 0 aliphatic carbocycles. The molecule has 8 aromatic carbocycles. The van der Waals surface area contributed by atoms with Crippen LogP contribution >= 0.6 is 11.3 Å². The highest BCUT2D eigenvalue weighted by Gasteiger charge is 2.22. The van der Waals surface area contributed by atoms with Gasteiger partial charge in [-0.2, -0.15) is 0 Å². The molecule has 0 saturated heterocycles. The van der Waals surface area contributed by atoms with Crippen molar-refractivity contribution in [2.24, 2.45) is 0 Å². The second-order valence-electron chi connectivity index (χ2n) is 12.9. The Morgan fingerprint density at radius 1 is 0.388 bits per heavy atom. The van der Waals surface area contributed by atoms with Gasteiger partial charge in [-0.3, -0.25) is 0 Å². The Balaban J connectivity index is 1.27. The molecule has 49 heavy (non-hydrogen) atoms. The maximum Gasteiger partial charge on any atom is 0.0641 e. The van der Waals surface area contributed by atoms with Crippen LogP contribution in [0.1, 0.15) is 0 Å². The van der Waals surface area contributed by atoms with Crippen molar-refractivity contribution in [3.63, 3.8) is 0 Å². The topological polar surface area (TPSA) is 9.86 Å². The molecule has 3 aromatic heterocycles. The number of hydrogen-bond acceptors (Lipinski definition) is 1. The van der Waals surface area contributed by atoms with Gasteiger partial charge in [0.05, 0.1) is 22.1 Å². The summed E-state index contributed by atoms with van der Waals surface area (Å²) in [4.78, 5) is 0. The van der Waals surface area contributed by atoms with Gasteiger partial charge in [0, 0.05) is 58.5 Å². The Hall–Kier alpha value is -6.16. The zero-order valence-electron chi connectivity index (χ0n) is 26.5. The fourth-order valence-corrected chi connectivity index (χ4v) is 9.46. The van der Waals surface area contributed by atoms with Gasteiger partial charge in [0.25, 0.3) is 0 Å². The highest BCUT2D eigenvalue weighted by atomic mass is 32.1. The van der Waals surface area contributed by atoms with Gasteiger partial charge in [-0.05, 0) is 59.0 Å². The van der Waals surface area contributed by atoms with Gasteiger partial charge in [0.2, 0.25) is 0 Å². The van der Waals surface area contributed by atoms with E-state index < -0.39 is 0 Å². The largest absolute Gasteiger partial charge is 0.309 e. The van der Waals surface area contributed by atoms with Crippen LogP contribution in [0.4, 0.5) is 0 Å². The molecule has 0 saturated carbocycles. The third kappa shape index (κ3) is 3.76. The van der Waals surface area contributed by atoms with Crippen LogP contribution in [0.2, 0.25) is 0 Å². The lowest BCUT2D eigenvalue weighted by Gasteiger charge is -2.12. The average Bonchev–Trinajstić information content (AvgIpc) is 3.83. The first-order valence-corrected chi connectivity index (χ1v) is 17.6. The van der Waals surface area contributed by atoms with Gasteiger partial charge >= 0.3 is 0 Å². The Morgan fingerprint density at radius 2 is 1.08 bits per heavy atom. The summed E-state index contributed by atoms with van der Waals surface area (Å²) in [5.41, 5.74) is 9.74. The van der Waals surface area contributed by atoms with Crippen molar-refractivity contribution in [3.05, 3.63) is 170 Å². The van der Waals surface area contributed by atoms with Crippen LogP contribution in [0.3, 0.4) is 0 Å². The minimum atomic E-state index is 1.16. The average molecular weight is 641 g/mol. The Bertz CT molecular complexity index is 3100. The van der Waals surface area contributed by atoms with E-state index in [0.29, 0.717) is 0 Å². The van der Waals surface area contributed by atoms with Gasteiger partial charge < -0.3 is 9.13 Å². The minimum absolute atomic E-state index is 1.16. The number of hydrogen-bond donors (Lipinski definition) is 0. The van der Waals surface area contributed by atoms with Crippen LogP contribution in [0, 0.1) is 0 Å². The third-order valence-corrected chi connectivity index (χ3v) is 11.5. The lowest BCUT2D eigenvalue weighted by atomic mass is 10.0. The van der Waals surface area contributed by atoms with E-state index in [2.05, 4.69) is 179 Å². The fourth-order valence-electron chi connectivity index (χ4n) is 8.22. The highest BCUT2D eigenvalue weighted by Crippen LogP contribution is 2.45. The quantitative estimate of drug-likeness (QED) is 0.182. The second kappa shape index (κ2) is 10.2. The van der Waals surface area contributed by atoms with Crippen molar-refractivity contribution in [3.8, 4) is 22.5 Å². The number of thiophene rings is 1. The molecule has 0 atom stereocenters. The molecule has 0 bridgehead atoms. The zero-order chi connectivity index (χ0) is 32.1. The van der Waals surface area contributed by atoms with Crippen molar-refractivity contribution in [1.29, 1.82) is 0 Å². The summed E-state index contributed by atoms with van der Waals surface area (Å²) in [5, 5.41) is 10.2. The van der Waals surface area contributed by atoms with Crippen LogP contribution in [0.5, 0.6) is 0 Å². The van der Waals surface area contributed by atoms with Crippen molar-refractivity contribution in [2.75, 3.05) is 0 Å². The van der Waals surface area contributed by atoms with Gasteiger partial charge in [0.1, 0.15) is 0 Å². The van der Waals surface area contributed by atoms with Crippen LogP contribution in [0.25, 0.3) is 97.1 Å². The summed E-state index contributed by atoms with van der Waals surface area (Å²) < 4.78 is 7.63. The first-order chi connectivity index (χ1) is 24.3. The van der Waals surface area contributed by atoms with E-state index in [4.69, 9.17) is 0 Å². The van der Waals surface area contributed by atoms with E-state index in [1.165, 1.54) is 91.4 Å². The monoisotopic (exact) mass is 640 g/mol. The van der Waals surface area contributed by atoms with Gasteiger partial charge in [-0.25, -0.2) is 0 Å². The van der Waals surface area contributed by atoms with Crippen molar-refractivity contribution >= 4 is 85.9 Å². The first-order valence-electron chi connectivity index (χ1n) is 16.8. The third-order valence-electron chi connectivity index (χ3n) is 10.3. The summed E-state index contributed by atoms with van der Waals surface area (Å²) in [7, 11) is 0. The van der Waals surface area contributed by atoms with E-state index in [1.807, 2.05) is 11.3 Å². The normalized spacial score (nSPS) is 12.1. The van der Waals surface area contributed by atoms with Crippen molar-refractivity contribution in [2.45, 2.75) is 0 Å². The van der Waals surface area contributed by atoms with E-state index >= 15 is 0 Å². The van der Waals surface area contributed by atoms with Gasteiger partial charge in [-0.15, -0.1) is 11.3 Å². The molecular weight excluding hydrogens is 613 g/mol. The van der Waals surface area contributed by atoms with E-state index in [9.17, 15) is 0 Å². The highest BCUT2D eigenvalue weighted by molar-refractivity contribution is 7.26. The minimum Gasteiger partial charge on any atom is -0.309 e. The maximum absolute atomic E-state index is 2.51. The molecule has 0 amide bonds. The van der Waals surface area contributed by atoms with Crippen molar-refractivity contribution in [1.82, 2.24) is 9.13 Å². The van der Waals surface area contributed by atoms with E-state index in [-0.39, 0.29) is 0 Å². The number of nitrogens with zero attached hydrogens (tertiary/aromatic N) is 2. The number of rotatable bonds is 3. The molecule has 0 fully saturated rings. The predicted molar refractivity (Wildman–Crippen MR) is 211 cm³/mol. The summed E-state index contributed by atoms with van der Waals surface area (Å²) in [5.74, 6) is 0. The first kappa shape index (κ1) is 26.9. The lowest BCUT2D eigenvalue weighted by molar-refractivity contribution is 1.18. The lowest BCUT2D eigenvalue weighted by Crippen LogP contribution is -1.96. The summed E-state index contributed by atoms with van der Waals surface area (Å²) in [6.45, 7) is 0. The summed E-state index contributed by atoms with van der Waals surface area (Å²) in [6, 6.07) is 62.4. The van der Waals surface area contributed by atoms with Crippen LogP contribution < -0.4 is 0 Å². The molecule has 0 radical (unpaired) electrons. The molecular formula is C46H28N2S. The van der Waals surface area contributed by atoms with Crippen LogP contribution in [0.15, 0.2) is 170 Å².